The molecule has 21 heavy (non-hydrogen) atoms. The maximum Gasteiger partial charge on any atom is 0.411 e. The third-order valence-electron chi connectivity index (χ3n) is 0.359. The van der Waals surface area contributed by atoms with E-state index in [1.165, 1.54) is 0 Å². The Kier molecular flexibility index (Phi) is 28.5. The summed E-state index contributed by atoms with van der Waals surface area (Å²) in [7, 11) is 0. The first-order valence-corrected chi connectivity index (χ1v) is 5.30. The number of rotatable bonds is 0. The van der Waals surface area contributed by atoms with Crippen molar-refractivity contribution in [3.8, 4) is 0 Å². The van der Waals surface area contributed by atoms with Gasteiger partial charge in [-0.2, -0.15) is 26.3 Å². The second-order valence-electron chi connectivity index (χ2n) is 3.73. The maximum absolute atomic E-state index is 10.5. The summed E-state index contributed by atoms with van der Waals surface area (Å²) in [5.74, 6) is 0. The van der Waals surface area contributed by atoms with Crippen LogP contribution in [0.2, 0.25) is 0 Å². The van der Waals surface area contributed by atoms with Gasteiger partial charge in [0, 0.05) is 33.9 Å². The zero-order valence-corrected chi connectivity index (χ0v) is 13.7. The molecule has 0 aromatic carbocycles. The predicted molar refractivity (Wildman–Crippen MR) is 61.0 cm³/mol. The molecule has 0 aromatic rings. The van der Waals surface area contributed by atoms with Crippen LogP contribution in [0.25, 0.3) is 0 Å². The van der Waals surface area contributed by atoms with Crippen LogP contribution in [0.15, 0.2) is 0 Å². The summed E-state index contributed by atoms with van der Waals surface area (Å²) in [4.78, 5) is 0. The van der Waals surface area contributed by atoms with Crippen LogP contribution in [0.4, 0.5) is 26.3 Å². The smallest absolute Gasteiger partial charge is 0.394 e. The molecule has 0 aliphatic rings. The fourth-order valence-corrected chi connectivity index (χ4v) is 0. The largest absolute Gasteiger partial charge is 0.411 e. The normalized spacial score (nSPS) is 10.3. The molecule has 11 heteroatoms. The Morgan fingerprint density at radius 3 is 0.714 bits per heavy atom. The van der Waals surface area contributed by atoms with Crippen molar-refractivity contribution in [2.75, 3.05) is 13.2 Å². The van der Waals surface area contributed by atoms with Gasteiger partial charge in [0.25, 0.3) is 0 Å². The van der Waals surface area contributed by atoms with Crippen molar-refractivity contribution < 1.29 is 68.5 Å². The van der Waals surface area contributed by atoms with Crippen molar-refractivity contribution in [2.45, 2.75) is 52.3 Å². The molecule has 4 N–H and O–H groups in total. The van der Waals surface area contributed by atoms with Crippen molar-refractivity contribution >= 4 is 0 Å². The van der Waals surface area contributed by atoms with Crippen molar-refractivity contribution in [1.29, 1.82) is 0 Å². The topological polar surface area (TPSA) is 80.9 Å². The Hall–Kier alpha value is 0.134. The maximum atomic E-state index is 10.5. The van der Waals surface area contributed by atoms with E-state index in [0.717, 1.165) is 0 Å². The van der Waals surface area contributed by atoms with Gasteiger partial charge in [0.2, 0.25) is 0 Å². The molecule has 0 aliphatic heterocycles. The fraction of sp³-hybridized carbons (Fsp3) is 1.00. The monoisotopic (exact) mass is 368 g/mol. The molecular formula is C10H22F6O4Ti. The molecule has 0 unspecified atom stereocenters. The number of hydrogen-bond donors (Lipinski definition) is 4. The van der Waals surface area contributed by atoms with Gasteiger partial charge < -0.3 is 20.4 Å². The number of aliphatic hydroxyl groups excluding tert-OH is 4. The Morgan fingerprint density at radius 1 is 0.667 bits per heavy atom. The van der Waals surface area contributed by atoms with E-state index in [2.05, 4.69) is 0 Å². The van der Waals surface area contributed by atoms with Crippen LogP contribution >= 0.6 is 0 Å². The molecule has 0 atom stereocenters. The summed E-state index contributed by atoms with van der Waals surface area (Å²) in [5.41, 5.74) is 0. The number of aliphatic hydroxyl groups is 4. The van der Waals surface area contributed by atoms with Crippen LogP contribution in [0.1, 0.15) is 27.7 Å². The van der Waals surface area contributed by atoms with Gasteiger partial charge in [-0.15, -0.1) is 0 Å². The first kappa shape index (κ1) is 32.9. The molecule has 0 aromatic heterocycles. The molecule has 0 heterocycles. The van der Waals surface area contributed by atoms with E-state index in [0.29, 0.717) is 0 Å². The van der Waals surface area contributed by atoms with Crippen LogP contribution in [0, 0.1) is 0 Å². The quantitative estimate of drug-likeness (QED) is 0.389. The SMILES string of the molecule is CC(C)O.CC(C)O.OCC(F)(F)F.OCC(F)(F)F.[Ti]. The van der Waals surface area contributed by atoms with Gasteiger partial charge in [0.1, 0.15) is 13.2 Å². The second-order valence-corrected chi connectivity index (χ2v) is 3.73. The minimum absolute atomic E-state index is 0. The van der Waals surface area contributed by atoms with E-state index in [1.807, 2.05) is 0 Å². The molecule has 132 valence electrons. The molecule has 0 radical (unpaired) electrons. The second kappa shape index (κ2) is 18.2. The van der Waals surface area contributed by atoms with Crippen molar-refractivity contribution in [1.82, 2.24) is 0 Å². The van der Waals surface area contributed by atoms with Gasteiger partial charge in [0.15, 0.2) is 0 Å². The molecule has 0 saturated heterocycles. The molecule has 0 fully saturated rings. The van der Waals surface area contributed by atoms with Crippen LogP contribution in [0.3, 0.4) is 0 Å². The molecular weight excluding hydrogens is 346 g/mol. The Labute approximate surface area is 134 Å². The Bertz CT molecular complexity index is 160. The van der Waals surface area contributed by atoms with Gasteiger partial charge >= 0.3 is 12.4 Å². The van der Waals surface area contributed by atoms with E-state index < -0.39 is 25.6 Å². The van der Waals surface area contributed by atoms with Gasteiger partial charge in [-0.3, -0.25) is 0 Å². The summed E-state index contributed by atoms with van der Waals surface area (Å²) >= 11 is 0. The van der Waals surface area contributed by atoms with Crippen LogP contribution in [0.5, 0.6) is 0 Å². The van der Waals surface area contributed by atoms with Crippen LogP contribution < -0.4 is 0 Å². The van der Waals surface area contributed by atoms with Gasteiger partial charge in [-0.25, -0.2) is 0 Å². The summed E-state index contributed by atoms with van der Waals surface area (Å²) < 4.78 is 63.2. The number of halogens is 6. The minimum atomic E-state index is -4.40. The van der Waals surface area contributed by atoms with Crippen molar-refractivity contribution in [3.05, 3.63) is 0 Å². The summed E-state index contributed by atoms with van der Waals surface area (Å²) in [6.07, 6.45) is -9.14. The van der Waals surface area contributed by atoms with E-state index >= 15 is 0 Å². The van der Waals surface area contributed by atoms with E-state index in [9.17, 15) is 26.3 Å². The van der Waals surface area contributed by atoms with E-state index in [1.54, 1.807) is 27.7 Å². The molecule has 4 nitrogen and oxygen atoms in total. The van der Waals surface area contributed by atoms with Crippen LogP contribution in [-0.4, -0.2) is 58.2 Å². The average molecular weight is 368 g/mol. The Morgan fingerprint density at radius 2 is 0.714 bits per heavy atom. The number of hydrogen-bond acceptors (Lipinski definition) is 4. The molecule has 0 aliphatic carbocycles. The Balaban J connectivity index is -0.0000000544. The fourth-order valence-electron chi connectivity index (χ4n) is 0. The zero-order chi connectivity index (χ0) is 17.6. The molecule has 0 spiro atoms. The van der Waals surface area contributed by atoms with Crippen molar-refractivity contribution in [3.63, 3.8) is 0 Å². The first-order chi connectivity index (χ1) is 8.59. The minimum Gasteiger partial charge on any atom is -0.394 e. The summed E-state index contributed by atoms with van der Waals surface area (Å²) in [5, 5.41) is 30.7. The number of alkyl halides is 6. The zero-order valence-electron chi connectivity index (χ0n) is 12.1. The van der Waals surface area contributed by atoms with Crippen molar-refractivity contribution in [2.24, 2.45) is 0 Å². The molecule has 0 bridgehead atoms. The summed E-state index contributed by atoms with van der Waals surface area (Å²) in [6.45, 7) is 3.43. The molecule has 0 rings (SSSR count). The molecule has 0 saturated carbocycles. The van der Waals surface area contributed by atoms with Crippen LogP contribution in [-0.2, 0) is 21.7 Å². The van der Waals surface area contributed by atoms with E-state index in [4.69, 9.17) is 20.4 Å². The van der Waals surface area contributed by atoms with E-state index in [-0.39, 0.29) is 33.9 Å². The standard InChI is InChI=1S/2C3H8O.2C2H3F3O.Ti/c2*1-3(2)4;2*3-2(4,5)1-6;/h2*3-4H,1-2H3;2*6H,1H2;. The van der Waals surface area contributed by atoms with Gasteiger partial charge in [-0.1, -0.05) is 0 Å². The predicted octanol–water partition coefficient (Wildman–Crippen LogP) is 1.85. The summed E-state index contributed by atoms with van der Waals surface area (Å²) in [6, 6.07) is 0. The molecule has 0 amide bonds. The van der Waals surface area contributed by atoms with Gasteiger partial charge in [-0.05, 0) is 27.7 Å². The average Bonchev–Trinajstić information content (AvgIpc) is 2.14. The third-order valence-corrected chi connectivity index (χ3v) is 0.359. The first-order valence-electron chi connectivity index (χ1n) is 5.30. The third kappa shape index (κ3) is 176. The van der Waals surface area contributed by atoms with Gasteiger partial charge in [0.05, 0.1) is 0 Å².